The van der Waals surface area contributed by atoms with Gasteiger partial charge in [-0.05, 0) is 30.4 Å². The van der Waals surface area contributed by atoms with Crippen LogP contribution in [0.15, 0.2) is 30.8 Å². The highest BCUT2D eigenvalue weighted by atomic mass is 16.5. The van der Waals surface area contributed by atoms with Crippen LogP contribution in [0.4, 0.5) is 0 Å². The standard InChI is InChI=1S/C14H18O2/c1-3-12-8-10-13(11-9-12)6-4-5-7-14(15)16-2/h3,8-11H,1,4-7H2,2H3. The molecule has 0 aliphatic heterocycles. The lowest BCUT2D eigenvalue weighted by atomic mass is 10.1. The average Bonchev–Trinajstić information content (AvgIpc) is 2.35. The number of hydrogen-bond acceptors (Lipinski definition) is 2. The molecule has 86 valence electrons. The molecule has 0 saturated carbocycles. The normalized spacial score (nSPS) is 9.81. The Hall–Kier alpha value is -1.57. The van der Waals surface area contributed by atoms with Crippen molar-refractivity contribution >= 4 is 12.0 Å². The van der Waals surface area contributed by atoms with Gasteiger partial charge in [-0.25, -0.2) is 0 Å². The van der Waals surface area contributed by atoms with Gasteiger partial charge in [0.2, 0.25) is 0 Å². The number of benzene rings is 1. The summed E-state index contributed by atoms with van der Waals surface area (Å²) in [6.07, 6.45) is 5.26. The van der Waals surface area contributed by atoms with Crippen LogP contribution in [0, 0.1) is 0 Å². The Balaban J connectivity index is 2.26. The van der Waals surface area contributed by atoms with E-state index in [4.69, 9.17) is 0 Å². The summed E-state index contributed by atoms with van der Waals surface area (Å²) in [7, 11) is 1.43. The third-order valence-electron chi connectivity index (χ3n) is 2.54. The van der Waals surface area contributed by atoms with Gasteiger partial charge in [-0.15, -0.1) is 0 Å². The minimum absolute atomic E-state index is 0.123. The van der Waals surface area contributed by atoms with Gasteiger partial charge in [0.05, 0.1) is 7.11 Å². The van der Waals surface area contributed by atoms with Gasteiger partial charge in [-0.3, -0.25) is 4.79 Å². The van der Waals surface area contributed by atoms with Gasteiger partial charge in [0.15, 0.2) is 0 Å². The number of methoxy groups -OCH3 is 1. The first-order valence-electron chi connectivity index (χ1n) is 5.54. The van der Waals surface area contributed by atoms with Gasteiger partial charge < -0.3 is 4.74 Å². The summed E-state index contributed by atoms with van der Waals surface area (Å²) >= 11 is 0. The molecule has 0 spiro atoms. The molecule has 1 aromatic carbocycles. The fraction of sp³-hybridized carbons (Fsp3) is 0.357. The molecule has 0 atom stereocenters. The lowest BCUT2D eigenvalue weighted by Crippen LogP contribution is -1.99. The second-order valence-electron chi connectivity index (χ2n) is 3.73. The zero-order chi connectivity index (χ0) is 11.8. The number of rotatable bonds is 6. The van der Waals surface area contributed by atoms with Crippen molar-refractivity contribution in [1.29, 1.82) is 0 Å². The highest BCUT2D eigenvalue weighted by Gasteiger charge is 1.99. The van der Waals surface area contributed by atoms with Gasteiger partial charge in [-0.1, -0.05) is 36.9 Å². The Morgan fingerprint density at radius 2 is 2.00 bits per heavy atom. The summed E-state index contributed by atoms with van der Waals surface area (Å²) in [6.45, 7) is 3.71. The Morgan fingerprint density at radius 1 is 1.31 bits per heavy atom. The SMILES string of the molecule is C=Cc1ccc(CCCCC(=O)OC)cc1. The fourth-order valence-electron chi connectivity index (χ4n) is 1.52. The summed E-state index contributed by atoms with van der Waals surface area (Å²) < 4.78 is 4.58. The average molecular weight is 218 g/mol. The molecule has 0 radical (unpaired) electrons. The molecule has 0 amide bonds. The maximum Gasteiger partial charge on any atom is 0.305 e. The van der Waals surface area contributed by atoms with Crippen LogP contribution in [-0.2, 0) is 16.0 Å². The molecule has 0 fully saturated rings. The van der Waals surface area contributed by atoms with Crippen molar-refractivity contribution in [2.24, 2.45) is 0 Å². The molecule has 0 saturated heterocycles. The van der Waals surface area contributed by atoms with Crippen molar-refractivity contribution < 1.29 is 9.53 Å². The lowest BCUT2D eigenvalue weighted by molar-refractivity contribution is -0.140. The number of ether oxygens (including phenoxy) is 1. The largest absolute Gasteiger partial charge is 0.469 e. The second kappa shape index (κ2) is 6.83. The Labute approximate surface area is 96.9 Å². The number of carbonyl (C=O) groups is 1. The van der Waals surface area contributed by atoms with Crippen molar-refractivity contribution in [3.63, 3.8) is 0 Å². The fourth-order valence-corrected chi connectivity index (χ4v) is 1.52. The van der Waals surface area contributed by atoms with Crippen LogP contribution in [0.5, 0.6) is 0 Å². The molecule has 16 heavy (non-hydrogen) atoms. The smallest absolute Gasteiger partial charge is 0.305 e. The number of esters is 1. The highest BCUT2D eigenvalue weighted by Crippen LogP contribution is 2.09. The molecule has 1 aromatic rings. The summed E-state index contributed by atoms with van der Waals surface area (Å²) in [5.41, 5.74) is 2.44. The molecule has 0 aromatic heterocycles. The third-order valence-corrected chi connectivity index (χ3v) is 2.54. The van der Waals surface area contributed by atoms with E-state index in [1.807, 2.05) is 6.08 Å². The predicted molar refractivity (Wildman–Crippen MR) is 66.1 cm³/mol. The zero-order valence-corrected chi connectivity index (χ0v) is 9.74. The first-order valence-corrected chi connectivity index (χ1v) is 5.54. The summed E-state index contributed by atoms with van der Waals surface area (Å²) in [4.78, 5) is 10.9. The molecule has 1 rings (SSSR count). The van der Waals surface area contributed by atoms with Crippen LogP contribution in [0.2, 0.25) is 0 Å². The second-order valence-corrected chi connectivity index (χ2v) is 3.73. The van der Waals surface area contributed by atoms with Gasteiger partial charge >= 0.3 is 5.97 Å². The van der Waals surface area contributed by atoms with Crippen molar-refractivity contribution in [3.05, 3.63) is 42.0 Å². The minimum Gasteiger partial charge on any atom is -0.469 e. The number of aryl methyl sites for hydroxylation is 1. The zero-order valence-electron chi connectivity index (χ0n) is 9.74. The summed E-state index contributed by atoms with van der Waals surface area (Å²) in [6, 6.07) is 8.33. The molecule has 0 heterocycles. The van der Waals surface area contributed by atoms with E-state index in [2.05, 4.69) is 35.6 Å². The Morgan fingerprint density at radius 3 is 2.56 bits per heavy atom. The minimum atomic E-state index is -0.123. The Bertz CT molecular complexity index is 338. The van der Waals surface area contributed by atoms with E-state index in [0.717, 1.165) is 24.8 Å². The monoisotopic (exact) mass is 218 g/mol. The van der Waals surface area contributed by atoms with E-state index >= 15 is 0 Å². The van der Waals surface area contributed by atoms with Gasteiger partial charge in [0.1, 0.15) is 0 Å². The first kappa shape index (κ1) is 12.5. The van der Waals surface area contributed by atoms with E-state index in [9.17, 15) is 4.79 Å². The van der Waals surface area contributed by atoms with Gasteiger partial charge in [0.25, 0.3) is 0 Å². The molecule has 2 nitrogen and oxygen atoms in total. The van der Waals surface area contributed by atoms with E-state index < -0.39 is 0 Å². The van der Waals surface area contributed by atoms with E-state index in [0.29, 0.717) is 6.42 Å². The topological polar surface area (TPSA) is 26.3 Å². The number of carbonyl (C=O) groups excluding carboxylic acids is 1. The predicted octanol–water partition coefficient (Wildman–Crippen LogP) is 3.22. The van der Waals surface area contributed by atoms with Crippen LogP contribution >= 0.6 is 0 Å². The van der Waals surface area contributed by atoms with Crippen molar-refractivity contribution in [2.45, 2.75) is 25.7 Å². The van der Waals surface area contributed by atoms with E-state index in [1.165, 1.54) is 12.7 Å². The molecule has 2 heteroatoms. The molecule has 0 N–H and O–H groups in total. The molecule has 0 aliphatic carbocycles. The maximum absolute atomic E-state index is 10.9. The van der Waals surface area contributed by atoms with Crippen LogP contribution in [-0.4, -0.2) is 13.1 Å². The van der Waals surface area contributed by atoms with Crippen LogP contribution < -0.4 is 0 Å². The van der Waals surface area contributed by atoms with Crippen molar-refractivity contribution in [2.75, 3.05) is 7.11 Å². The third kappa shape index (κ3) is 4.30. The maximum atomic E-state index is 10.9. The van der Waals surface area contributed by atoms with Gasteiger partial charge in [-0.2, -0.15) is 0 Å². The van der Waals surface area contributed by atoms with Crippen LogP contribution in [0.25, 0.3) is 6.08 Å². The number of unbranched alkanes of at least 4 members (excludes halogenated alkanes) is 1. The first-order chi connectivity index (χ1) is 7.76. The van der Waals surface area contributed by atoms with Gasteiger partial charge in [0, 0.05) is 6.42 Å². The Kier molecular flexibility index (Phi) is 5.34. The molecule has 0 bridgehead atoms. The van der Waals surface area contributed by atoms with Crippen LogP contribution in [0.3, 0.4) is 0 Å². The molecular formula is C14H18O2. The molecule has 0 unspecified atom stereocenters. The molecule has 0 aliphatic rings. The van der Waals surface area contributed by atoms with Crippen LogP contribution in [0.1, 0.15) is 30.4 Å². The van der Waals surface area contributed by atoms with Crippen molar-refractivity contribution in [3.8, 4) is 0 Å². The summed E-state index contributed by atoms with van der Waals surface area (Å²) in [5, 5.41) is 0. The van der Waals surface area contributed by atoms with E-state index in [1.54, 1.807) is 0 Å². The number of hydrogen-bond donors (Lipinski definition) is 0. The van der Waals surface area contributed by atoms with Crippen molar-refractivity contribution in [1.82, 2.24) is 0 Å². The van der Waals surface area contributed by atoms with E-state index in [-0.39, 0.29) is 5.97 Å². The highest BCUT2D eigenvalue weighted by molar-refractivity contribution is 5.68. The molecular weight excluding hydrogens is 200 g/mol. The lowest BCUT2D eigenvalue weighted by Gasteiger charge is -2.02. The summed E-state index contributed by atoms with van der Waals surface area (Å²) in [5.74, 6) is -0.123. The quantitative estimate of drug-likeness (QED) is 0.541.